The molecule has 122 valence electrons. The van der Waals surface area contributed by atoms with Gasteiger partial charge < -0.3 is 10.4 Å². The summed E-state index contributed by atoms with van der Waals surface area (Å²) in [6, 6.07) is 3.35. The third-order valence-electron chi connectivity index (χ3n) is 2.55. The number of alkyl halides is 2. The van der Waals surface area contributed by atoms with Crippen LogP contribution in [0.4, 0.5) is 8.78 Å². The molecule has 1 aromatic carbocycles. The third kappa shape index (κ3) is 6.81. The van der Waals surface area contributed by atoms with Gasteiger partial charge in [0.2, 0.25) is 12.3 Å². The zero-order valence-electron chi connectivity index (χ0n) is 11.2. The monoisotopic (exact) mass is 371 g/mol. The molecule has 1 unspecified atom stereocenters. The summed E-state index contributed by atoms with van der Waals surface area (Å²) >= 11 is 12.9. The average molecular weight is 372 g/mol. The lowest BCUT2D eigenvalue weighted by Gasteiger charge is -2.13. The summed E-state index contributed by atoms with van der Waals surface area (Å²) in [5.41, 5.74) is 0.770. The first-order chi connectivity index (χ1) is 10.3. The molecular weight excluding hydrogens is 359 g/mol. The van der Waals surface area contributed by atoms with Crippen molar-refractivity contribution >= 4 is 46.8 Å². The summed E-state index contributed by atoms with van der Waals surface area (Å²) in [5, 5.41) is 11.8. The number of carbonyl (C=O) groups excluding carboxylic acids is 1. The van der Waals surface area contributed by atoms with Crippen LogP contribution in [0.1, 0.15) is 12.0 Å². The third-order valence-corrected chi connectivity index (χ3v) is 4.12. The molecule has 0 heterocycles. The molecule has 0 aliphatic rings. The van der Waals surface area contributed by atoms with Crippen LogP contribution in [-0.2, 0) is 15.3 Å². The number of carbonyl (C=O) groups is 2. The molecule has 0 bridgehead atoms. The van der Waals surface area contributed by atoms with E-state index < -0.39 is 30.8 Å². The molecule has 1 amide bonds. The molecule has 0 fully saturated rings. The van der Waals surface area contributed by atoms with Gasteiger partial charge in [-0.1, -0.05) is 29.3 Å². The minimum atomic E-state index is -2.80. The number of carboxylic acids is 1. The second-order valence-electron chi connectivity index (χ2n) is 4.31. The normalized spacial score (nSPS) is 12.2. The Balaban J connectivity index is 2.43. The minimum absolute atomic E-state index is 0.0635. The van der Waals surface area contributed by atoms with Gasteiger partial charge in [0.15, 0.2) is 0 Å². The van der Waals surface area contributed by atoms with E-state index in [1.165, 1.54) is 11.8 Å². The Morgan fingerprint density at radius 3 is 2.55 bits per heavy atom. The summed E-state index contributed by atoms with van der Waals surface area (Å²) in [4.78, 5) is 22.3. The molecule has 0 spiro atoms. The Morgan fingerprint density at radius 2 is 2.00 bits per heavy atom. The van der Waals surface area contributed by atoms with Crippen LogP contribution >= 0.6 is 35.0 Å². The molecule has 0 radical (unpaired) electrons. The molecule has 1 rings (SSSR count). The highest BCUT2D eigenvalue weighted by molar-refractivity contribution is 7.99. The van der Waals surface area contributed by atoms with E-state index in [-0.39, 0.29) is 5.75 Å². The Hall–Kier alpha value is -1.05. The van der Waals surface area contributed by atoms with Crippen LogP contribution in [0.5, 0.6) is 0 Å². The van der Waals surface area contributed by atoms with Crippen LogP contribution in [0.15, 0.2) is 18.2 Å². The predicted molar refractivity (Wildman–Crippen MR) is 82.8 cm³/mol. The van der Waals surface area contributed by atoms with E-state index >= 15 is 0 Å². The zero-order valence-corrected chi connectivity index (χ0v) is 13.5. The van der Waals surface area contributed by atoms with Gasteiger partial charge in [0.05, 0.1) is 5.75 Å². The van der Waals surface area contributed by atoms with Crippen molar-refractivity contribution in [2.24, 2.45) is 0 Å². The van der Waals surface area contributed by atoms with E-state index in [0.717, 1.165) is 5.56 Å². The number of nitrogens with one attached hydrogen (secondary N) is 1. The Kier molecular flexibility index (Phi) is 7.92. The van der Waals surface area contributed by atoms with Gasteiger partial charge in [-0.15, -0.1) is 11.8 Å². The molecule has 0 aliphatic heterocycles. The lowest BCUT2D eigenvalue weighted by Crippen LogP contribution is -2.42. The van der Waals surface area contributed by atoms with Gasteiger partial charge in [0, 0.05) is 22.2 Å². The van der Waals surface area contributed by atoms with Gasteiger partial charge in [-0.3, -0.25) is 4.79 Å². The maximum atomic E-state index is 12.2. The van der Waals surface area contributed by atoms with Crippen LogP contribution in [0.3, 0.4) is 0 Å². The molecule has 0 aromatic heterocycles. The number of hydrogen-bond acceptors (Lipinski definition) is 3. The van der Waals surface area contributed by atoms with Gasteiger partial charge in [-0.2, -0.15) is 0 Å². The summed E-state index contributed by atoms with van der Waals surface area (Å²) in [6.07, 6.45) is -3.73. The fourth-order valence-corrected chi connectivity index (χ4v) is 2.93. The highest BCUT2D eigenvalue weighted by atomic mass is 35.5. The Bertz CT molecular complexity index is 546. The standard InChI is InChI=1S/C13H13Cl2F2NO3S/c14-8-2-1-7(9(15)3-8)5-22-6-12(19)18-10(13(20)21)4-11(16)17/h1-3,10-11H,4-6H2,(H,18,19)(H,20,21). The zero-order chi connectivity index (χ0) is 16.7. The van der Waals surface area contributed by atoms with Crippen LogP contribution in [0.2, 0.25) is 10.0 Å². The van der Waals surface area contributed by atoms with E-state index in [4.69, 9.17) is 28.3 Å². The van der Waals surface area contributed by atoms with E-state index in [2.05, 4.69) is 5.32 Å². The Morgan fingerprint density at radius 1 is 1.32 bits per heavy atom. The summed E-state index contributed by atoms with van der Waals surface area (Å²) in [6.45, 7) is 0. The molecule has 4 nitrogen and oxygen atoms in total. The number of aliphatic carboxylic acids is 1. The predicted octanol–water partition coefficient (Wildman–Crippen LogP) is 3.45. The fraction of sp³-hybridized carbons (Fsp3) is 0.385. The number of hydrogen-bond donors (Lipinski definition) is 2. The van der Waals surface area contributed by atoms with Gasteiger partial charge in [0.1, 0.15) is 6.04 Å². The first kappa shape index (κ1) is 19.0. The molecule has 22 heavy (non-hydrogen) atoms. The van der Waals surface area contributed by atoms with Crippen molar-refractivity contribution in [3.05, 3.63) is 33.8 Å². The molecule has 0 saturated heterocycles. The van der Waals surface area contributed by atoms with E-state index in [1.54, 1.807) is 18.2 Å². The second kappa shape index (κ2) is 9.17. The number of carboxylic acid groups (broad SMARTS) is 1. The average Bonchev–Trinajstić information content (AvgIpc) is 2.40. The number of halogens is 4. The number of benzene rings is 1. The fourth-order valence-electron chi connectivity index (χ4n) is 1.53. The van der Waals surface area contributed by atoms with Gasteiger partial charge in [-0.25, -0.2) is 13.6 Å². The van der Waals surface area contributed by atoms with Crippen molar-refractivity contribution in [3.8, 4) is 0 Å². The molecular formula is C13H13Cl2F2NO3S. The van der Waals surface area contributed by atoms with Crippen molar-refractivity contribution < 1.29 is 23.5 Å². The lowest BCUT2D eigenvalue weighted by atomic mass is 10.2. The van der Waals surface area contributed by atoms with E-state index in [0.29, 0.717) is 15.8 Å². The van der Waals surface area contributed by atoms with Crippen molar-refractivity contribution in [2.75, 3.05) is 5.75 Å². The van der Waals surface area contributed by atoms with Crippen LogP contribution < -0.4 is 5.32 Å². The van der Waals surface area contributed by atoms with Crippen molar-refractivity contribution in [2.45, 2.75) is 24.6 Å². The van der Waals surface area contributed by atoms with Gasteiger partial charge in [0.25, 0.3) is 0 Å². The maximum Gasteiger partial charge on any atom is 0.326 e. The summed E-state index contributed by atoms with van der Waals surface area (Å²) < 4.78 is 24.4. The second-order valence-corrected chi connectivity index (χ2v) is 6.14. The van der Waals surface area contributed by atoms with Crippen LogP contribution in [0, 0.1) is 0 Å². The highest BCUT2D eigenvalue weighted by Gasteiger charge is 2.23. The van der Waals surface area contributed by atoms with Gasteiger partial charge in [-0.05, 0) is 17.7 Å². The molecule has 0 aliphatic carbocycles. The quantitative estimate of drug-likeness (QED) is 0.734. The minimum Gasteiger partial charge on any atom is -0.480 e. The smallest absolute Gasteiger partial charge is 0.326 e. The summed E-state index contributed by atoms with van der Waals surface area (Å²) in [5.74, 6) is -1.76. The van der Waals surface area contributed by atoms with Gasteiger partial charge >= 0.3 is 5.97 Å². The molecule has 1 atom stereocenters. The van der Waals surface area contributed by atoms with Crippen LogP contribution in [-0.4, -0.2) is 35.2 Å². The Labute approximate surface area is 140 Å². The van der Waals surface area contributed by atoms with E-state index in [1.807, 2.05) is 0 Å². The highest BCUT2D eigenvalue weighted by Crippen LogP contribution is 2.24. The number of thioether (sulfide) groups is 1. The number of amides is 1. The topological polar surface area (TPSA) is 66.4 Å². The van der Waals surface area contributed by atoms with Crippen molar-refractivity contribution in [1.29, 1.82) is 0 Å². The van der Waals surface area contributed by atoms with Crippen LogP contribution in [0.25, 0.3) is 0 Å². The maximum absolute atomic E-state index is 12.2. The van der Waals surface area contributed by atoms with E-state index in [9.17, 15) is 18.4 Å². The van der Waals surface area contributed by atoms with Crippen molar-refractivity contribution in [3.63, 3.8) is 0 Å². The first-order valence-corrected chi connectivity index (χ1v) is 8.02. The SMILES string of the molecule is O=C(CSCc1ccc(Cl)cc1Cl)NC(CC(F)F)C(=O)O. The van der Waals surface area contributed by atoms with Crippen molar-refractivity contribution in [1.82, 2.24) is 5.32 Å². The molecule has 9 heteroatoms. The number of rotatable bonds is 8. The lowest BCUT2D eigenvalue weighted by molar-refractivity contribution is -0.142. The largest absolute Gasteiger partial charge is 0.480 e. The summed E-state index contributed by atoms with van der Waals surface area (Å²) in [7, 11) is 0. The molecule has 2 N–H and O–H groups in total. The first-order valence-electron chi connectivity index (χ1n) is 6.11. The molecule has 0 saturated carbocycles. The molecule has 1 aromatic rings.